The molecule has 4 rings (SSSR count). The van der Waals surface area contributed by atoms with E-state index in [1.165, 1.54) is 5.69 Å². The van der Waals surface area contributed by atoms with Crippen molar-refractivity contribution in [3.05, 3.63) is 17.5 Å². The number of morpholine rings is 1. The summed E-state index contributed by atoms with van der Waals surface area (Å²) in [5.74, 6) is 0.154. The molecule has 3 aliphatic heterocycles. The number of nitrogens with one attached hydrogen (secondary N) is 1. The van der Waals surface area contributed by atoms with E-state index < -0.39 is 0 Å². The highest BCUT2D eigenvalue weighted by Gasteiger charge is 2.36. The molecule has 27 heavy (non-hydrogen) atoms. The number of carbonyl (C=O) groups is 2. The molecule has 1 atom stereocenters. The van der Waals surface area contributed by atoms with Crippen LogP contribution >= 0.6 is 12.4 Å². The molecule has 0 aliphatic carbocycles. The second kappa shape index (κ2) is 9.03. The maximum absolute atomic E-state index is 12.8. The molecule has 2 amide bonds. The van der Waals surface area contributed by atoms with E-state index >= 15 is 0 Å². The molecule has 0 spiro atoms. The molecular weight excluding hydrogens is 370 g/mol. The van der Waals surface area contributed by atoms with Gasteiger partial charge in [-0.2, -0.15) is 5.10 Å². The fourth-order valence-electron chi connectivity index (χ4n) is 4.07. The van der Waals surface area contributed by atoms with E-state index in [2.05, 4.69) is 16.5 Å². The Morgan fingerprint density at radius 3 is 2.81 bits per heavy atom. The van der Waals surface area contributed by atoms with Gasteiger partial charge in [0, 0.05) is 45.6 Å². The van der Waals surface area contributed by atoms with Crippen molar-refractivity contribution in [2.75, 3.05) is 39.4 Å². The molecule has 2 saturated heterocycles. The molecule has 0 radical (unpaired) electrons. The number of nitrogens with zero attached hydrogens (tertiary/aromatic N) is 4. The van der Waals surface area contributed by atoms with Crippen molar-refractivity contribution in [1.82, 2.24) is 24.9 Å². The van der Waals surface area contributed by atoms with Crippen LogP contribution in [0.15, 0.2) is 6.07 Å². The number of aromatic nitrogens is 2. The smallest absolute Gasteiger partial charge is 0.245 e. The number of amides is 2. The summed E-state index contributed by atoms with van der Waals surface area (Å²) >= 11 is 0. The van der Waals surface area contributed by atoms with Crippen molar-refractivity contribution >= 4 is 24.2 Å². The Bertz CT molecular complexity index is 650. The lowest BCUT2D eigenvalue weighted by atomic mass is 10.1. The quantitative estimate of drug-likeness (QED) is 0.784. The lowest BCUT2D eigenvalue weighted by molar-refractivity contribution is -0.146. The van der Waals surface area contributed by atoms with Crippen molar-refractivity contribution in [2.45, 2.75) is 44.8 Å². The Balaban J connectivity index is 0.00000210. The van der Waals surface area contributed by atoms with E-state index in [1.807, 2.05) is 9.58 Å². The fraction of sp³-hybridized carbons (Fsp3) is 0.722. The van der Waals surface area contributed by atoms with E-state index in [0.717, 1.165) is 38.2 Å². The van der Waals surface area contributed by atoms with Crippen molar-refractivity contribution in [3.8, 4) is 0 Å². The minimum atomic E-state index is -0.292. The number of hydrogen-bond donors (Lipinski definition) is 1. The van der Waals surface area contributed by atoms with Crippen molar-refractivity contribution in [2.24, 2.45) is 0 Å². The molecule has 4 heterocycles. The molecule has 1 unspecified atom stereocenters. The summed E-state index contributed by atoms with van der Waals surface area (Å²) in [6.07, 6.45) is 2.72. The van der Waals surface area contributed by atoms with Crippen molar-refractivity contribution < 1.29 is 14.3 Å². The molecule has 1 aromatic heterocycles. The third kappa shape index (κ3) is 4.44. The molecule has 2 fully saturated rings. The lowest BCUT2D eigenvalue weighted by Gasteiger charge is -2.32. The summed E-state index contributed by atoms with van der Waals surface area (Å²) < 4.78 is 7.35. The number of likely N-dealkylation sites (tertiary alicyclic amines) is 1. The van der Waals surface area contributed by atoms with E-state index in [4.69, 9.17) is 4.74 Å². The predicted octanol–water partition coefficient (Wildman–Crippen LogP) is 0.191. The number of halogens is 1. The van der Waals surface area contributed by atoms with Crippen LogP contribution in [-0.2, 0) is 33.8 Å². The van der Waals surface area contributed by atoms with Gasteiger partial charge in [0.15, 0.2) is 0 Å². The molecule has 8 nitrogen and oxygen atoms in total. The third-order valence-electron chi connectivity index (χ3n) is 5.50. The van der Waals surface area contributed by atoms with Gasteiger partial charge in [0.1, 0.15) is 6.04 Å². The maximum Gasteiger partial charge on any atom is 0.245 e. The van der Waals surface area contributed by atoms with Crippen LogP contribution in [0.4, 0.5) is 0 Å². The Morgan fingerprint density at radius 2 is 2.04 bits per heavy atom. The summed E-state index contributed by atoms with van der Waals surface area (Å²) in [7, 11) is 0. The fourth-order valence-corrected chi connectivity index (χ4v) is 4.07. The highest BCUT2D eigenvalue weighted by atomic mass is 35.5. The Hall–Kier alpha value is -1.64. The van der Waals surface area contributed by atoms with Crippen molar-refractivity contribution in [3.63, 3.8) is 0 Å². The first kappa shape index (κ1) is 20.1. The second-order valence-electron chi connectivity index (χ2n) is 7.21. The summed E-state index contributed by atoms with van der Waals surface area (Å²) in [5, 5.41) is 7.92. The summed E-state index contributed by atoms with van der Waals surface area (Å²) in [4.78, 5) is 29.1. The molecule has 0 aromatic carbocycles. The topological polar surface area (TPSA) is 79.7 Å². The molecule has 3 aliphatic rings. The number of rotatable bonds is 4. The summed E-state index contributed by atoms with van der Waals surface area (Å²) in [6.45, 7) is 5.78. The van der Waals surface area contributed by atoms with Gasteiger partial charge in [0.05, 0.1) is 31.1 Å². The van der Waals surface area contributed by atoms with Crippen LogP contribution in [-0.4, -0.2) is 76.8 Å². The minimum Gasteiger partial charge on any atom is -0.378 e. The number of hydrogen-bond acceptors (Lipinski definition) is 5. The van der Waals surface area contributed by atoms with Gasteiger partial charge >= 0.3 is 0 Å². The minimum absolute atomic E-state index is 0. The molecule has 9 heteroatoms. The number of ether oxygens (including phenoxy) is 1. The van der Waals surface area contributed by atoms with E-state index in [9.17, 15) is 9.59 Å². The van der Waals surface area contributed by atoms with Crippen molar-refractivity contribution in [1.29, 1.82) is 0 Å². The Morgan fingerprint density at radius 1 is 1.22 bits per heavy atom. The molecule has 150 valence electrons. The van der Waals surface area contributed by atoms with Gasteiger partial charge in [-0.15, -0.1) is 12.4 Å². The second-order valence-corrected chi connectivity index (χ2v) is 7.21. The maximum atomic E-state index is 12.8. The lowest BCUT2D eigenvalue weighted by Crippen LogP contribution is -2.51. The SMILES string of the molecule is Cl.O=C(C1CCCN1C(=O)CCc1cc2n(n1)CCNC2)N1CCOCC1. The number of carbonyl (C=O) groups excluding carboxylic acids is 2. The average Bonchev–Trinajstić information content (AvgIpc) is 3.33. The van der Waals surface area contributed by atoms with Gasteiger partial charge in [-0.1, -0.05) is 0 Å². The first-order chi connectivity index (χ1) is 12.7. The summed E-state index contributed by atoms with van der Waals surface area (Å²) in [5.41, 5.74) is 2.15. The van der Waals surface area contributed by atoms with Gasteiger partial charge in [0.2, 0.25) is 11.8 Å². The van der Waals surface area contributed by atoms with Crippen LogP contribution in [0.3, 0.4) is 0 Å². The van der Waals surface area contributed by atoms with Gasteiger partial charge in [-0.25, -0.2) is 0 Å². The zero-order chi connectivity index (χ0) is 17.9. The zero-order valence-corrected chi connectivity index (χ0v) is 16.4. The molecular formula is C18H28ClN5O3. The molecule has 1 N–H and O–H groups in total. The average molecular weight is 398 g/mol. The van der Waals surface area contributed by atoms with Crippen LogP contribution in [0.5, 0.6) is 0 Å². The van der Waals surface area contributed by atoms with Gasteiger partial charge < -0.3 is 19.9 Å². The Kier molecular flexibility index (Phi) is 6.73. The normalized spacial score (nSPS) is 22.3. The molecule has 0 saturated carbocycles. The molecule has 1 aromatic rings. The first-order valence-electron chi connectivity index (χ1n) is 9.65. The largest absolute Gasteiger partial charge is 0.378 e. The van der Waals surface area contributed by atoms with Crippen LogP contribution in [0.1, 0.15) is 30.7 Å². The standard InChI is InChI=1S/C18H27N5O3.ClH/c24-17(4-3-14-12-15-13-19-5-7-23(15)20-14)22-6-1-2-16(22)18(25)21-8-10-26-11-9-21;/h12,16,19H,1-11,13H2;1H. The van der Waals surface area contributed by atoms with Crippen LogP contribution in [0.25, 0.3) is 0 Å². The highest BCUT2D eigenvalue weighted by Crippen LogP contribution is 2.21. The van der Waals surface area contributed by atoms with E-state index in [-0.39, 0.29) is 30.3 Å². The first-order valence-corrected chi connectivity index (χ1v) is 9.65. The van der Waals surface area contributed by atoms with Gasteiger partial charge in [-0.3, -0.25) is 14.3 Å². The molecule has 0 bridgehead atoms. The number of fused-ring (bicyclic) bond motifs is 1. The monoisotopic (exact) mass is 397 g/mol. The van der Waals surface area contributed by atoms with E-state index in [1.54, 1.807) is 4.90 Å². The predicted molar refractivity (Wildman–Crippen MR) is 102 cm³/mol. The number of aryl methyl sites for hydroxylation is 1. The summed E-state index contributed by atoms with van der Waals surface area (Å²) in [6, 6.07) is 1.79. The zero-order valence-electron chi connectivity index (χ0n) is 15.6. The van der Waals surface area contributed by atoms with Crippen LogP contribution < -0.4 is 5.32 Å². The van der Waals surface area contributed by atoms with Gasteiger partial charge in [0.25, 0.3) is 0 Å². The third-order valence-corrected chi connectivity index (χ3v) is 5.50. The van der Waals surface area contributed by atoms with Crippen LogP contribution in [0.2, 0.25) is 0 Å². The Labute approximate surface area is 165 Å². The highest BCUT2D eigenvalue weighted by molar-refractivity contribution is 5.88. The van der Waals surface area contributed by atoms with Crippen LogP contribution in [0, 0.1) is 0 Å². The van der Waals surface area contributed by atoms with Gasteiger partial charge in [-0.05, 0) is 18.9 Å². The van der Waals surface area contributed by atoms with E-state index in [0.29, 0.717) is 45.7 Å².